The number of aliphatic carboxylic acids is 4. The minimum atomic E-state index is -1.40. The van der Waals surface area contributed by atoms with E-state index >= 15 is 0 Å². The number of aliphatic hydroxyl groups is 1. The number of carboxylic acid groups (broad SMARTS) is 4. The van der Waals surface area contributed by atoms with E-state index in [-0.39, 0.29) is 164 Å². The van der Waals surface area contributed by atoms with Gasteiger partial charge in [-0.25, -0.2) is 0 Å². The van der Waals surface area contributed by atoms with Crippen LogP contribution in [-0.4, -0.2) is 133 Å². The van der Waals surface area contributed by atoms with Gasteiger partial charge >= 0.3 is 118 Å². The summed E-state index contributed by atoms with van der Waals surface area (Å²) < 4.78 is 0. The van der Waals surface area contributed by atoms with Crippen molar-refractivity contribution in [3.8, 4) is 0 Å². The summed E-state index contributed by atoms with van der Waals surface area (Å²) in [5.41, 5.74) is 0. The molecule has 34 heavy (non-hydrogen) atoms. The van der Waals surface area contributed by atoms with Gasteiger partial charge < -0.3 is 44.7 Å². The summed E-state index contributed by atoms with van der Waals surface area (Å²) >= 11 is 0. The number of aliphatic hydroxyl groups excluding tert-OH is 1. The second kappa shape index (κ2) is 23.8. The molecule has 1 atom stereocenters. The monoisotopic (exact) mass is 522 g/mol. The minimum absolute atomic E-state index is 0. The molecule has 0 amide bonds. The summed E-state index contributed by atoms with van der Waals surface area (Å²) in [4.78, 5) is 50.0. The fourth-order valence-electron chi connectivity index (χ4n) is 3.30. The average Bonchev–Trinajstić information content (AvgIpc) is 2.61. The number of carboxylic acids is 4. The third-order valence-corrected chi connectivity index (χ3v) is 4.75. The molecule has 13 nitrogen and oxygen atoms in total. The standard InChI is InChI=1S/C17H30N4O9.4Na/c22-12-13-7-20(10-16(27)28)4-3-18(8-14(23)24)1-2-19(9-15(25)26)5-6-21(13)11-17(29)30;;;;/h13,22H,1-12H2,(H,23,24)(H,25,26)(H,27,28)(H,29,30);;;;/q;4*+1/p-4. The molecule has 1 fully saturated rings. The molecule has 0 aromatic heterocycles. The number of carbonyl (C=O) groups excluding carboxylic acids is 4. The summed E-state index contributed by atoms with van der Waals surface area (Å²) in [5, 5.41) is 54.0. The van der Waals surface area contributed by atoms with Gasteiger partial charge in [0, 0.05) is 78.0 Å². The molecule has 0 aromatic rings. The molecule has 0 radical (unpaired) electrons. The predicted octanol–water partition coefficient (Wildman–Crippen LogP) is -20.4. The van der Waals surface area contributed by atoms with E-state index in [4.69, 9.17) is 0 Å². The number of carbonyl (C=O) groups is 4. The van der Waals surface area contributed by atoms with E-state index in [0.29, 0.717) is 0 Å². The Bertz CT molecular complexity index is 622. The first kappa shape index (κ1) is 42.8. The van der Waals surface area contributed by atoms with Crippen molar-refractivity contribution in [3.63, 3.8) is 0 Å². The largest absolute Gasteiger partial charge is 1.00 e. The van der Waals surface area contributed by atoms with Crippen molar-refractivity contribution in [2.45, 2.75) is 6.04 Å². The molecule has 0 bridgehead atoms. The van der Waals surface area contributed by atoms with Crippen molar-refractivity contribution >= 4 is 23.9 Å². The van der Waals surface area contributed by atoms with E-state index in [2.05, 4.69) is 0 Å². The fourth-order valence-corrected chi connectivity index (χ4v) is 3.30. The molecular formula is C17H26N4Na4O9. The molecule has 1 rings (SSSR count). The molecule has 0 aromatic carbocycles. The van der Waals surface area contributed by atoms with Gasteiger partial charge in [0.1, 0.15) is 0 Å². The maximum Gasteiger partial charge on any atom is 1.00 e. The van der Waals surface area contributed by atoms with Crippen LogP contribution < -0.4 is 139 Å². The Balaban J connectivity index is -0.00000112. The molecule has 0 saturated carbocycles. The topological polar surface area (TPSA) is 194 Å². The number of hydrogen-bond acceptors (Lipinski definition) is 13. The van der Waals surface area contributed by atoms with Crippen molar-refractivity contribution in [1.29, 1.82) is 0 Å². The molecule has 1 saturated heterocycles. The van der Waals surface area contributed by atoms with Crippen LogP contribution in [0.2, 0.25) is 0 Å². The molecule has 1 aliphatic rings. The van der Waals surface area contributed by atoms with Crippen LogP contribution in [0.15, 0.2) is 0 Å². The Morgan fingerprint density at radius 3 is 1.26 bits per heavy atom. The van der Waals surface area contributed by atoms with Crippen molar-refractivity contribution in [2.75, 3.05) is 78.6 Å². The molecule has 172 valence electrons. The Labute approximate surface area is 287 Å². The Morgan fingerprint density at radius 2 is 0.912 bits per heavy atom. The maximum atomic E-state index is 11.1. The number of rotatable bonds is 9. The third-order valence-electron chi connectivity index (χ3n) is 4.75. The summed E-state index contributed by atoms with van der Waals surface area (Å²) in [7, 11) is 0. The zero-order valence-electron chi connectivity index (χ0n) is 20.6. The molecule has 1 heterocycles. The van der Waals surface area contributed by atoms with E-state index < -0.39 is 62.7 Å². The van der Waals surface area contributed by atoms with Gasteiger partial charge in [0.15, 0.2) is 0 Å². The van der Waals surface area contributed by atoms with E-state index in [1.807, 2.05) is 0 Å². The van der Waals surface area contributed by atoms with Gasteiger partial charge in [0.05, 0.1) is 30.5 Å². The van der Waals surface area contributed by atoms with E-state index in [9.17, 15) is 44.7 Å². The normalized spacial score (nSPS) is 18.9. The second-order valence-electron chi connectivity index (χ2n) is 7.08. The molecule has 1 unspecified atom stereocenters. The smallest absolute Gasteiger partial charge is 0.549 e. The summed E-state index contributed by atoms with van der Waals surface area (Å²) in [6, 6.07) is -0.777. The van der Waals surface area contributed by atoms with Gasteiger partial charge in [0.25, 0.3) is 0 Å². The number of nitrogens with zero attached hydrogens (tertiary/aromatic N) is 4. The van der Waals surface area contributed by atoms with Gasteiger partial charge in [0.2, 0.25) is 0 Å². The van der Waals surface area contributed by atoms with Gasteiger partial charge in [-0.1, -0.05) is 0 Å². The van der Waals surface area contributed by atoms with Crippen LogP contribution in [0.5, 0.6) is 0 Å². The molecule has 1 N–H and O–H groups in total. The number of hydrogen-bond donors (Lipinski definition) is 1. The van der Waals surface area contributed by atoms with Crippen LogP contribution >= 0.6 is 0 Å². The Kier molecular flexibility index (Phi) is 29.9. The van der Waals surface area contributed by atoms with E-state index in [0.717, 1.165) is 0 Å². The summed E-state index contributed by atoms with van der Waals surface area (Å²) in [6.07, 6.45) is 0. The molecule has 17 heteroatoms. The van der Waals surface area contributed by atoms with Crippen LogP contribution in [0.25, 0.3) is 0 Å². The van der Waals surface area contributed by atoms with E-state index in [1.165, 1.54) is 19.6 Å². The second-order valence-corrected chi connectivity index (χ2v) is 7.08. The summed E-state index contributed by atoms with van der Waals surface area (Å²) in [5.74, 6) is -5.47. The van der Waals surface area contributed by atoms with Gasteiger partial charge in [-0.2, -0.15) is 0 Å². The van der Waals surface area contributed by atoms with E-state index in [1.54, 1.807) is 0 Å². The fraction of sp³-hybridized carbons (Fsp3) is 0.765. The Hall–Kier alpha value is 1.68. The molecule has 1 aliphatic heterocycles. The first-order chi connectivity index (χ1) is 14.1. The van der Waals surface area contributed by atoms with Gasteiger partial charge in [-0.15, -0.1) is 0 Å². The molecule has 0 aliphatic carbocycles. The van der Waals surface area contributed by atoms with Crippen molar-refractivity contribution in [1.82, 2.24) is 19.6 Å². The van der Waals surface area contributed by atoms with Crippen LogP contribution in [0.4, 0.5) is 0 Å². The summed E-state index contributed by atoms with van der Waals surface area (Å²) in [6.45, 7) is -1.77. The molecular weight excluding hydrogens is 496 g/mol. The first-order valence-electron chi connectivity index (χ1n) is 9.42. The van der Waals surface area contributed by atoms with Gasteiger partial charge in [-0.3, -0.25) is 19.6 Å². The zero-order chi connectivity index (χ0) is 22.7. The first-order valence-corrected chi connectivity index (χ1v) is 9.42. The Morgan fingerprint density at radius 1 is 0.588 bits per heavy atom. The van der Waals surface area contributed by atoms with Crippen LogP contribution in [0, 0.1) is 0 Å². The van der Waals surface area contributed by atoms with Crippen molar-refractivity contribution < 1.29 is 163 Å². The quantitative estimate of drug-likeness (QED) is 0.281. The van der Waals surface area contributed by atoms with Gasteiger partial charge in [-0.05, 0) is 0 Å². The third kappa shape index (κ3) is 19.7. The van der Waals surface area contributed by atoms with Crippen LogP contribution in [0.3, 0.4) is 0 Å². The molecule has 0 spiro atoms. The SMILES string of the molecule is O=C([O-])CN1CCN(CC(=O)[O-])CCN(CC(=O)[O-])C(CO)CN(CC(=O)[O-])CC1.[Na+].[Na+].[Na+].[Na+]. The minimum Gasteiger partial charge on any atom is -0.549 e. The predicted molar refractivity (Wildman–Crippen MR) is 91.8 cm³/mol. The maximum absolute atomic E-state index is 11.1. The zero-order valence-corrected chi connectivity index (χ0v) is 28.6. The van der Waals surface area contributed by atoms with Crippen molar-refractivity contribution in [3.05, 3.63) is 0 Å². The van der Waals surface area contributed by atoms with Crippen LogP contribution in [-0.2, 0) is 19.2 Å². The van der Waals surface area contributed by atoms with Crippen LogP contribution in [0.1, 0.15) is 0 Å². The van der Waals surface area contributed by atoms with Crippen molar-refractivity contribution in [2.24, 2.45) is 0 Å². The average molecular weight is 522 g/mol.